The summed E-state index contributed by atoms with van der Waals surface area (Å²) in [5, 5.41) is 5.72. The highest BCUT2D eigenvalue weighted by Gasteiger charge is 2.15. The first-order valence-electron chi connectivity index (χ1n) is 11.8. The fourth-order valence-corrected chi connectivity index (χ4v) is 3.68. The van der Waals surface area contributed by atoms with Crippen molar-refractivity contribution in [1.82, 2.24) is 19.7 Å². The van der Waals surface area contributed by atoms with E-state index in [1.165, 1.54) is 24.8 Å². The fourth-order valence-electron chi connectivity index (χ4n) is 3.68. The molecule has 1 aromatic carbocycles. The minimum Gasteiger partial charge on any atom is -0.274 e. The molecule has 0 aliphatic heterocycles. The van der Waals surface area contributed by atoms with E-state index in [1.54, 1.807) is 6.20 Å². The standard InChI is InChI=1S/C18H14N4.C11H20/c1-22-12-15(18(21-22)17-8-4-5-10-19-17)13-9-11-20-16-7-3-2-6-14(13)16;1-4-7-9-11(6-3)10-8-5-2/h2-12H,1H3;6-7,9H,4-5,8,10H2,1-3H3/b;9-7-,11-6+. The van der Waals surface area contributed by atoms with Crippen molar-refractivity contribution in [1.29, 1.82) is 0 Å². The van der Waals surface area contributed by atoms with Crippen LogP contribution in [0.4, 0.5) is 0 Å². The molecule has 0 spiro atoms. The van der Waals surface area contributed by atoms with E-state index < -0.39 is 0 Å². The van der Waals surface area contributed by atoms with Gasteiger partial charge in [0.25, 0.3) is 0 Å². The second-order valence-corrected chi connectivity index (χ2v) is 7.93. The number of unbranched alkanes of at least 4 members (excludes halogenated alkanes) is 1. The molecule has 0 fully saturated rings. The number of nitrogens with zero attached hydrogens (tertiary/aromatic N) is 4. The number of aryl methyl sites for hydroxylation is 1. The van der Waals surface area contributed by atoms with Gasteiger partial charge in [-0.3, -0.25) is 14.6 Å². The van der Waals surface area contributed by atoms with E-state index >= 15 is 0 Å². The second kappa shape index (κ2) is 12.5. The first-order chi connectivity index (χ1) is 16.2. The molecule has 0 aliphatic carbocycles. The van der Waals surface area contributed by atoms with Gasteiger partial charge in [0, 0.05) is 36.6 Å². The lowest BCUT2D eigenvalue weighted by Gasteiger charge is -2.06. The minimum absolute atomic E-state index is 0.874. The average Bonchev–Trinajstić information content (AvgIpc) is 3.26. The third-order valence-corrected chi connectivity index (χ3v) is 5.43. The van der Waals surface area contributed by atoms with E-state index in [-0.39, 0.29) is 0 Å². The van der Waals surface area contributed by atoms with Crippen LogP contribution < -0.4 is 0 Å². The highest BCUT2D eigenvalue weighted by Crippen LogP contribution is 2.33. The van der Waals surface area contributed by atoms with Crippen LogP contribution in [-0.4, -0.2) is 19.7 Å². The van der Waals surface area contributed by atoms with Crippen LogP contribution in [0.5, 0.6) is 0 Å². The van der Waals surface area contributed by atoms with Crippen molar-refractivity contribution in [3.05, 3.63) is 90.9 Å². The zero-order valence-corrected chi connectivity index (χ0v) is 20.2. The molecule has 0 unspecified atom stereocenters. The molecule has 0 saturated heterocycles. The predicted molar refractivity (Wildman–Crippen MR) is 140 cm³/mol. The van der Waals surface area contributed by atoms with Gasteiger partial charge in [0.15, 0.2) is 0 Å². The van der Waals surface area contributed by atoms with Crippen molar-refractivity contribution in [2.24, 2.45) is 7.05 Å². The summed E-state index contributed by atoms with van der Waals surface area (Å²) in [7, 11) is 1.93. The smallest absolute Gasteiger partial charge is 0.119 e. The van der Waals surface area contributed by atoms with E-state index in [0.29, 0.717) is 0 Å². The summed E-state index contributed by atoms with van der Waals surface area (Å²) in [5.74, 6) is 0. The van der Waals surface area contributed by atoms with Crippen molar-refractivity contribution in [3.63, 3.8) is 0 Å². The Labute approximate surface area is 197 Å². The molecule has 4 aromatic rings. The Kier molecular flexibility index (Phi) is 9.13. The van der Waals surface area contributed by atoms with Gasteiger partial charge in [0.05, 0.1) is 11.2 Å². The molecule has 0 aliphatic rings. The summed E-state index contributed by atoms with van der Waals surface area (Å²) < 4.78 is 1.83. The van der Waals surface area contributed by atoms with Gasteiger partial charge in [-0.25, -0.2) is 0 Å². The highest BCUT2D eigenvalue weighted by molar-refractivity contribution is 5.97. The Morgan fingerprint density at radius 3 is 2.48 bits per heavy atom. The van der Waals surface area contributed by atoms with Gasteiger partial charge < -0.3 is 0 Å². The Bertz CT molecular complexity index is 1200. The molecule has 3 aromatic heterocycles. The number of aromatic nitrogens is 4. The zero-order valence-electron chi connectivity index (χ0n) is 20.2. The van der Waals surface area contributed by atoms with E-state index in [4.69, 9.17) is 0 Å². The third-order valence-electron chi connectivity index (χ3n) is 5.43. The van der Waals surface area contributed by atoms with Gasteiger partial charge in [-0.15, -0.1) is 0 Å². The zero-order chi connectivity index (χ0) is 23.5. The van der Waals surface area contributed by atoms with Crippen LogP contribution in [0.1, 0.15) is 46.5 Å². The molecule has 0 amide bonds. The lowest BCUT2D eigenvalue weighted by atomic mass is 10.0. The van der Waals surface area contributed by atoms with Crippen LogP contribution in [0.2, 0.25) is 0 Å². The number of allylic oxidation sites excluding steroid dienone is 4. The SMILES string of the molecule is C/C=C(\C=C/CC)CCCC.Cn1cc(-c2ccnc3ccccc23)c(-c2ccccn2)n1. The van der Waals surface area contributed by atoms with Crippen LogP contribution in [0.25, 0.3) is 33.4 Å². The molecule has 4 nitrogen and oxygen atoms in total. The van der Waals surface area contributed by atoms with Crippen molar-refractivity contribution in [3.8, 4) is 22.5 Å². The van der Waals surface area contributed by atoms with Crippen molar-refractivity contribution < 1.29 is 0 Å². The Hall–Kier alpha value is -3.53. The largest absolute Gasteiger partial charge is 0.274 e. The molecule has 0 bridgehead atoms. The van der Waals surface area contributed by atoms with Crippen LogP contribution in [0, 0.1) is 0 Å². The molecule has 0 N–H and O–H groups in total. The number of hydrogen-bond acceptors (Lipinski definition) is 3. The molecule has 0 atom stereocenters. The highest BCUT2D eigenvalue weighted by atomic mass is 15.3. The monoisotopic (exact) mass is 438 g/mol. The lowest BCUT2D eigenvalue weighted by molar-refractivity contribution is 0.770. The van der Waals surface area contributed by atoms with Crippen molar-refractivity contribution in [2.45, 2.75) is 46.5 Å². The number of rotatable bonds is 7. The van der Waals surface area contributed by atoms with Gasteiger partial charge in [0.1, 0.15) is 5.69 Å². The van der Waals surface area contributed by atoms with Crippen LogP contribution in [0.3, 0.4) is 0 Å². The summed E-state index contributed by atoms with van der Waals surface area (Å²) in [4.78, 5) is 8.87. The number of hydrogen-bond donors (Lipinski definition) is 0. The van der Waals surface area contributed by atoms with Crippen LogP contribution in [0.15, 0.2) is 90.9 Å². The maximum atomic E-state index is 4.60. The maximum absolute atomic E-state index is 4.60. The summed E-state index contributed by atoms with van der Waals surface area (Å²) in [6.45, 7) is 6.52. The molecule has 0 saturated carbocycles. The number of fused-ring (bicyclic) bond motifs is 1. The third kappa shape index (κ3) is 6.48. The van der Waals surface area contributed by atoms with E-state index in [2.05, 4.69) is 60.1 Å². The first kappa shape index (κ1) is 24.1. The topological polar surface area (TPSA) is 43.6 Å². The quantitative estimate of drug-likeness (QED) is 0.277. The summed E-state index contributed by atoms with van der Waals surface area (Å²) in [6, 6.07) is 16.1. The first-order valence-corrected chi connectivity index (χ1v) is 11.8. The maximum Gasteiger partial charge on any atom is 0.119 e. The van der Waals surface area contributed by atoms with Crippen molar-refractivity contribution in [2.75, 3.05) is 0 Å². The normalized spacial score (nSPS) is 11.6. The molecule has 4 heteroatoms. The van der Waals surface area contributed by atoms with Gasteiger partial charge in [0.2, 0.25) is 0 Å². The molecular formula is C29H34N4. The van der Waals surface area contributed by atoms with E-state index in [0.717, 1.165) is 39.8 Å². The average molecular weight is 439 g/mol. The molecule has 33 heavy (non-hydrogen) atoms. The number of para-hydroxylation sites is 1. The fraction of sp³-hybridized carbons (Fsp3) is 0.276. The minimum atomic E-state index is 0.874. The summed E-state index contributed by atoms with van der Waals surface area (Å²) in [5.41, 5.74) is 6.42. The lowest BCUT2D eigenvalue weighted by Crippen LogP contribution is -1.89. The van der Waals surface area contributed by atoms with Crippen molar-refractivity contribution >= 4 is 10.9 Å². The predicted octanol–water partition coefficient (Wildman–Crippen LogP) is 7.79. The Morgan fingerprint density at radius 1 is 0.939 bits per heavy atom. The second-order valence-electron chi connectivity index (χ2n) is 7.93. The van der Waals surface area contributed by atoms with Gasteiger partial charge >= 0.3 is 0 Å². The summed E-state index contributed by atoms with van der Waals surface area (Å²) in [6.07, 6.45) is 17.3. The summed E-state index contributed by atoms with van der Waals surface area (Å²) >= 11 is 0. The van der Waals surface area contributed by atoms with Gasteiger partial charge in [-0.2, -0.15) is 5.10 Å². The number of benzene rings is 1. The Morgan fingerprint density at radius 2 is 1.76 bits per heavy atom. The van der Waals surface area contributed by atoms with E-state index in [9.17, 15) is 0 Å². The van der Waals surface area contributed by atoms with E-state index in [1.807, 2.05) is 66.6 Å². The van der Waals surface area contributed by atoms with Gasteiger partial charge in [-0.05, 0) is 56.0 Å². The molecule has 3 heterocycles. The van der Waals surface area contributed by atoms with Gasteiger partial charge in [-0.1, -0.05) is 68.3 Å². The van der Waals surface area contributed by atoms with Crippen LogP contribution in [-0.2, 0) is 7.05 Å². The molecule has 4 rings (SSSR count). The number of pyridine rings is 2. The van der Waals surface area contributed by atoms with Crippen LogP contribution >= 0.6 is 0 Å². The Balaban J connectivity index is 0.000000239. The molecule has 170 valence electrons. The molecule has 0 radical (unpaired) electrons. The molecular weight excluding hydrogens is 404 g/mol.